The molecule has 0 unspecified atom stereocenters. The van der Waals surface area contributed by atoms with Crippen LogP contribution in [0.15, 0.2) is 29.2 Å². The molecule has 1 N–H and O–H groups in total. The summed E-state index contributed by atoms with van der Waals surface area (Å²) in [5.74, 6) is -0.726. The molecular weight excluding hydrogens is 258 g/mol. The van der Waals surface area contributed by atoms with Crippen LogP contribution < -0.4 is 14.6 Å². The highest BCUT2D eigenvalue weighted by Crippen LogP contribution is 2.15. The van der Waals surface area contributed by atoms with Gasteiger partial charge in [-0.15, -0.1) is 0 Å². The first kappa shape index (κ1) is 14.5. The fraction of sp³-hybridized carbons (Fsp3) is 0.364. The van der Waals surface area contributed by atoms with E-state index < -0.39 is 16.0 Å². The fourth-order valence-electron chi connectivity index (χ4n) is 1.25. The Morgan fingerprint density at radius 1 is 1.33 bits per heavy atom. The minimum absolute atomic E-state index is 0.0595. The molecule has 0 bridgehead atoms. The Hall–Kier alpha value is -1.60. The Labute approximate surface area is 106 Å². The van der Waals surface area contributed by atoms with Crippen molar-refractivity contribution in [2.45, 2.75) is 18.2 Å². The molecule has 0 aromatic heterocycles. The summed E-state index contributed by atoms with van der Waals surface area (Å²) in [6.45, 7) is 2.12. The maximum atomic E-state index is 11.7. The molecule has 6 nitrogen and oxygen atoms in total. The molecule has 0 heterocycles. The highest BCUT2D eigenvalue weighted by atomic mass is 32.2. The minimum Gasteiger partial charge on any atom is -0.550 e. The van der Waals surface area contributed by atoms with Crippen molar-refractivity contribution in [1.29, 1.82) is 0 Å². The van der Waals surface area contributed by atoms with Crippen LogP contribution in [0.3, 0.4) is 0 Å². The number of carbonyl (C=O) groups excluding carboxylic acids is 1. The Bertz CT molecular complexity index is 495. The van der Waals surface area contributed by atoms with Crippen LogP contribution in [0.5, 0.6) is 5.75 Å². The van der Waals surface area contributed by atoms with Gasteiger partial charge in [0.2, 0.25) is 10.0 Å². The zero-order chi connectivity index (χ0) is 13.6. The summed E-state index contributed by atoms with van der Waals surface area (Å²) in [6.07, 6.45) is -0.365. The fourth-order valence-corrected chi connectivity index (χ4v) is 2.28. The molecule has 1 aromatic rings. The first-order chi connectivity index (χ1) is 8.45. The predicted molar refractivity (Wildman–Crippen MR) is 62.4 cm³/mol. The molecule has 1 aromatic carbocycles. The third-order valence-corrected chi connectivity index (χ3v) is 3.54. The number of rotatable bonds is 7. The van der Waals surface area contributed by atoms with Gasteiger partial charge in [0.1, 0.15) is 5.75 Å². The highest BCUT2D eigenvalue weighted by Gasteiger charge is 2.12. The van der Waals surface area contributed by atoms with Crippen LogP contribution in [0, 0.1) is 0 Å². The van der Waals surface area contributed by atoms with Crippen molar-refractivity contribution in [3.63, 3.8) is 0 Å². The number of sulfonamides is 1. The van der Waals surface area contributed by atoms with Gasteiger partial charge >= 0.3 is 0 Å². The van der Waals surface area contributed by atoms with Gasteiger partial charge < -0.3 is 14.6 Å². The number of nitrogens with one attached hydrogen (secondary N) is 1. The number of hydrogen-bond donors (Lipinski definition) is 1. The van der Waals surface area contributed by atoms with Crippen LogP contribution >= 0.6 is 0 Å². The summed E-state index contributed by atoms with van der Waals surface area (Å²) < 4.78 is 30.8. The van der Waals surface area contributed by atoms with Gasteiger partial charge in [0.25, 0.3) is 0 Å². The van der Waals surface area contributed by atoms with Crippen molar-refractivity contribution in [1.82, 2.24) is 4.72 Å². The molecule has 100 valence electrons. The number of carboxylic acids is 1. The summed E-state index contributed by atoms with van der Waals surface area (Å²) in [5.41, 5.74) is 0. The van der Waals surface area contributed by atoms with Gasteiger partial charge in [0.05, 0.1) is 11.5 Å². The second-order valence-corrected chi connectivity index (χ2v) is 5.19. The van der Waals surface area contributed by atoms with Crippen molar-refractivity contribution in [2.75, 3.05) is 13.2 Å². The highest BCUT2D eigenvalue weighted by molar-refractivity contribution is 7.89. The number of aliphatic carboxylic acids is 1. The predicted octanol–water partition coefficient (Wildman–Crippen LogP) is -0.496. The van der Waals surface area contributed by atoms with Crippen LogP contribution in [0.4, 0.5) is 0 Å². The lowest BCUT2D eigenvalue weighted by atomic mass is 10.3. The molecule has 0 aliphatic rings. The normalized spacial score (nSPS) is 11.2. The molecule has 0 fully saturated rings. The Kier molecular flexibility index (Phi) is 5.11. The van der Waals surface area contributed by atoms with Gasteiger partial charge in [-0.3, -0.25) is 0 Å². The van der Waals surface area contributed by atoms with Gasteiger partial charge in [-0.05, 0) is 31.2 Å². The first-order valence-corrected chi connectivity index (χ1v) is 6.86. The first-order valence-electron chi connectivity index (χ1n) is 5.38. The van der Waals surface area contributed by atoms with Gasteiger partial charge in [0, 0.05) is 18.9 Å². The number of carbonyl (C=O) groups is 1. The molecular formula is C11H14NO5S-. The van der Waals surface area contributed by atoms with Gasteiger partial charge in [0.15, 0.2) is 0 Å². The van der Waals surface area contributed by atoms with Crippen LogP contribution in [0.25, 0.3) is 0 Å². The van der Waals surface area contributed by atoms with E-state index in [1.807, 2.05) is 6.92 Å². The molecule has 0 amide bonds. The van der Waals surface area contributed by atoms with Gasteiger partial charge in [-0.25, -0.2) is 13.1 Å². The molecule has 0 radical (unpaired) electrons. The number of ether oxygens (including phenoxy) is 1. The number of benzene rings is 1. The zero-order valence-electron chi connectivity index (χ0n) is 9.88. The van der Waals surface area contributed by atoms with E-state index in [0.717, 1.165) is 0 Å². The van der Waals surface area contributed by atoms with Crippen LogP contribution in [-0.2, 0) is 14.8 Å². The van der Waals surface area contributed by atoms with Crippen LogP contribution in [-0.4, -0.2) is 27.5 Å². The average molecular weight is 272 g/mol. The van der Waals surface area contributed by atoms with E-state index in [-0.39, 0.29) is 17.9 Å². The van der Waals surface area contributed by atoms with E-state index >= 15 is 0 Å². The topological polar surface area (TPSA) is 95.5 Å². The summed E-state index contributed by atoms with van der Waals surface area (Å²) in [5, 5.41) is 10.2. The van der Waals surface area contributed by atoms with Crippen LogP contribution in [0.1, 0.15) is 13.3 Å². The van der Waals surface area contributed by atoms with E-state index in [1.54, 1.807) is 0 Å². The maximum Gasteiger partial charge on any atom is 0.240 e. The van der Waals surface area contributed by atoms with Gasteiger partial charge in [-0.1, -0.05) is 0 Å². The lowest BCUT2D eigenvalue weighted by molar-refractivity contribution is -0.305. The third-order valence-electron chi connectivity index (χ3n) is 2.07. The van der Waals surface area contributed by atoms with E-state index in [1.165, 1.54) is 24.3 Å². The smallest absolute Gasteiger partial charge is 0.240 e. The summed E-state index contributed by atoms with van der Waals surface area (Å²) in [7, 11) is -3.68. The lowest BCUT2D eigenvalue weighted by Crippen LogP contribution is -2.31. The average Bonchev–Trinajstić information content (AvgIpc) is 2.29. The molecule has 0 spiro atoms. The third kappa shape index (κ3) is 4.34. The van der Waals surface area contributed by atoms with Crippen molar-refractivity contribution in [3.05, 3.63) is 24.3 Å². The van der Waals surface area contributed by atoms with Crippen molar-refractivity contribution < 1.29 is 23.1 Å². The molecule has 18 heavy (non-hydrogen) atoms. The molecule has 1 rings (SSSR count). The molecule has 7 heteroatoms. The monoisotopic (exact) mass is 272 g/mol. The maximum absolute atomic E-state index is 11.7. The second kappa shape index (κ2) is 6.36. The molecule has 0 saturated carbocycles. The molecule has 0 saturated heterocycles. The molecule has 0 aliphatic carbocycles. The van der Waals surface area contributed by atoms with Crippen LogP contribution in [0.2, 0.25) is 0 Å². The molecule has 0 atom stereocenters. The van der Waals surface area contributed by atoms with E-state index in [4.69, 9.17) is 4.74 Å². The van der Waals surface area contributed by atoms with E-state index in [9.17, 15) is 18.3 Å². The zero-order valence-corrected chi connectivity index (χ0v) is 10.7. The van der Waals surface area contributed by atoms with Crippen molar-refractivity contribution >= 4 is 16.0 Å². The largest absolute Gasteiger partial charge is 0.550 e. The minimum atomic E-state index is -3.68. The summed E-state index contributed by atoms with van der Waals surface area (Å²) in [6, 6.07) is 5.87. The lowest BCUT2D eigenvalue weighted by Gasteiger charge is -2.08. The van der Waals surface area contributed by atoms with E-state index in [2.05, 4.69) is 4.72 Å². The van der Waals surface area contributed by atoms with Gasteiger partial charge in [-0.2, -0.15) is 0 Å². The summed E-state index contributed by atoms with van der Waals surface area (Å²) in [4.78, 5) is 10.2. The van der Waals surface area contributed by atoms with E-state index in [0.29, 0.717) is 12.4 Å². The quantitative estimate of drug-likeness (QED) is 0.722. The SMILES string of the molecule is CCOc1ccc(S(=O)(=O)NCCC(=O)[O-])cc1. The van der Waals surface area contributed by atoms with Crippen molar-refractivity contribution in [3.8, 4) is 5.75 Å². The Balaban J connectivity index is 2.69. The second-order valence-electron chi connectivity index (χ2n) is 3.42. The summed E-state index contributed by atoms with van der Waals surface area (Å²) >= 11 is 0. The standard InChI is InChI=1S/C11H15NO5S/c1-2-17-9-3-5-10(6-4-9)18(15,16)12-8-7-11(13)14/h3-6,12H,2,7-8H2,1H3,(H,13,14)/p-1. The van der Waals surface area contributed by atoms with Crippen molar-refractivity contribution in [2.24, 2.45) is 0 Å². The Morgan fingerprint density at radius 3 is 2.44 bits per heavy atom. The Morgan fingerprint density at radius 2 is 1.94 bits per heavy atom. The molecule has 0 aliphatic heterocycles. The number of carboxylic acid groups (broad SMARTS) is 1. The number of hydrogen-bond acceptors (Lipinski definition) is 5.